The Bertz CT molecular complexity index is 170. The van der Waals surface area contributed by atoms with Crippen LogP contribution in [0.15, 0.2) is 0 Å². The molecule has 0 aromatic carbocycles. The highest BCUT2D eigenvalue weighted by Crippen LogP contribution is 2.16. The molecule has 0 aliphatic carbocycles. The van der Waals surface area contributed by atoms with Crippen LogP contribution in [0, 0.1) is 5.92 Å². The lowest BCUT2D eigenvalue weighted by Crippen LogP contribution is -2.33. The van der Waals surface area contributed by atoms with Crippen LogP contribution in [0.25, 0.3) is 0 Å². The normalized spacial score (nSPS) is 38.2. The summed E-state index contributed by atoms with van der Waals surface area (Å²) in [6.45, 7) is 8.35. The molecule has 3 atom stereocenters. The summed E-state index contributed by atoms with van der Waals surface area (Å²) in [6.07, 6.45) is 1.05. The van der Waals surface area contributed by atoms with E-state index in [0.29, 0.717) is 16.4 Å². The van der Waals surface area contributed by atoms with E-state index in [-0.39, 0.29) is 0 Å². The maximum atomic E-state index is 11.9. The van der Waals surface area contributed by atoms with Crippen molar-refractivity contribution in [2.75, 3.05) is 13.1 Å². The average molecular weight is 189 g/mol. The van der Waals surface area contributed by atoms with Gasteiger partial charge in [0.2, 0.25) is 0 Å². The van der Waals surface area contributed by atoms with Crippen molar-refractivity contribution >= 4 is 10.8 Å². The molecule has 0 amide bonds. The molecule has 2 nitrogen and oxygen atoms in total. The molecule has 3 unspecified atom stereocenters. The fraction of sp³-hybridized carbons (Fsp3) is 1.00. The summed E-state index contributed by atoms with van der Waals surface area (Å²) in [5.74, 6) is 0.527. The van der Waals surface area contributed by atoms with Gasteiger partial charge in [0.05, 0.1) is 0 Å². The van der Waals surface area contributed by atoms with Gasteiger partial charge in [-0.25, -0.2) is 0 Å². The third kappa shape index (κ3) is 2.30. The molecule has 1 heterocycles. The predicted octanol–water partition coefficient (Wildman–Crippen LogP) is 1.14. The van der Waals surface area contributed by atoms with Gasteiger partial charge in [-0.05, 0) is 18.9 Å². The summed E-state index contributed by atoms with van der Waals surface area (Å²) < 4.78 is 11.9. The van der Waals surface area contributed by atoms with E-state index in [9.17, 15) is 4.21 Å². The molecule has 0 spiro atoms. The maximum Gasteiger partial charge on any atom is 0.0498 e. The molecule has 0 bridgehead atoms. The number of hydrogen-bond donors (Lipinski definition) is 1. The molecule has 0 aromatic heterocycles. The zero-order valence-electron chi connectivity index (χ0n) is 8.17. The minimum Gasteiger partial charge on any atom is -0.315 e. The predicted molar refractivity (Wildman–Crippen MR) is 53.7 cm³/mol. The van der Waals surface area contributed by atoms with Crippen LogP contribution in [0.1, 0.15) is 27.2 Å². The monoisotopic (exact) mass is 189 g/mol. The largest absolute Gasteiger partial charge is 0.315 e. The first-order valence-electron chi connectivity index (χ1n) is 4.73. The second-order valence-electron chi connectivity index (χ2n) is 3.91. The van der Waals surface area contributed by atoms with Gasteiger partial charge in [0.25, 0.3) is 0 Å². The molecule has 1 aliphatic rings. The highest BCUT2D eigenvalue weighted by molar-refractivity contribution is 7.86. The van der Waals surface area contributed by atoms with Gasteiger partial charge in [0.15, 0.2) is 0 Å². The molecule has 3 heteroatoms. The Hall–Kier alpha value is 0.110. The summed E-state index contributed by atoms with van der Waals surface area (Å²) >= 11 is 0. The molecule has 12 heavy (non-hydrogen) atoms. The van der Waals surface area contributed by atoms with E-state index < -0.39 is 10.8 Å². The molecule has 0 saturated carbocycles. The van der Waals surface area contributed by atoms with Crippen molar-refractivity contribution in [3.8, 4) is 0 Å². The molecule has 1 saturated heterocycles. The summed E-state index contributed by atoms with van der Waals surface area (Å²) in [4.78, 5) is 0. The van der Waals surface area contributed by atoms with Crippen molar-refractivity contribution in [2.45, 2.75) is 37.7 Å². The van der Waals surface area contributed by atoms with E-state index in [1.54, 1.807) is 0 Å². The molecule has 72 valence electrons. The third-order valence-corrected chi connectivity index (χ3v) is 4.85. The second-order valence-corrected chi connectivity index (χ2v) is 5.98. The summed E-state index contributed by atoms with van der Waals surface area (Å²) in [5, 5.41) is 4.06. The van der Waals surface area contributed by atoms with Gasteiger partial charge in [-0.3, -0.25) is 4.21 Å². The van der Waals surface area contributed by atoms with Gasteiger partial charge in [-0.1, -0.05) is 20.8 Å². The Morgan fingerprint density at radius 2 is 2.17 bits per heavy atom. The fourth-order valence-corrected chi connectivity index (χ4v) is 3.32. The van der Waals surface area contributed by atoms with E-state index >= 15 is 0 Å². The van der Waals surface area contributed by atoms with Crippen molar-refractivity contribution in [1.29, 1.82) is 0 Å². The SMILES string of the molecule is CC(C)C1CNCCC(C)S1=O. The first-order valence-corrected chi connectivity index (χ1v) is 6.00. The van der Waals surface area contributed by atoms with Crippen molar-refractivity contribution in [2.24, 2.45) is 5.92 Å². The fourth-order valence-electron chi connectivity index (χ4n) is 1.55. The highest BCUT2D eigenvalue weighted by Gasteiger charge is 2.26. The molecule has 0 radical (unpaired) electrons. The van der Waals surface area contributed by atoms with E-state index in [1.165, 1.54) is 0 Å². The standard InChI is InChI=1S/C9H19NOS/c1-7(2)9-6-10-5-4-8(3)12(9)11/h7-10H,4-6H2,1-3H3. The van der Waals surface area contributed by atoms with Crippen LogP contribution in [0.5, 0.6) is 0 Å². The van der Waals surface area contributed by atoms with E-state index in [2.05, 4.69) is 26.1 Å². The maximum absolute atomic E-state index is 11.9. The molecule has 1 fully saturated rings. The van der Waals surface area contributed by atoms with Crippen LogP contribution < -0.4 is 5.32 Å². The zero-order valence-corrected chi connectivity index (χ0v) is 8.99. The minimum atomic E-state index is -0.633. The lowest BCUT2D eigenvalue weighted by atomic mass is 10.1. The van der Waals surface area contributed by atoms with Crippen molar-refractivity contribution < 1.29 is 4.21 Å². The van der Waals surface area contributed by atoms with Crippen molar-refractivity contribution in [3.63, 3.8) is 0 Å². The lowest BCUT2D eigenvalue weighted by molar-refractivity contribution is 0.549. The van der Waals surface area contributed by atoms with Gasteiger partial charge in [-0.15, -0.1) is 0 Å². The van der Waals surface area contributed by atoms with Crippen LogP contribution in [0.3, 0.4) is 0 Å². The first kappa shape index (κ1) is 10.2. The van der Waals surface area contributed by atoms with Crippen molar-refractivity contribution in [3.05, 3.63) is 0 Å². The Morgan fingerprint density at radius 3 is 2.75 bits per heavy atom. The van der Waals surface area contributed by atoms with Gasteiger partial charge < -0.3 is 5.32 Å². The summed E-state index contributed by atoms with van der Waals surface area (Å²) in [7, 11) is -0.633. The van der Waals surface area contributed by atoms with Crippen LogP contribution in [-0.4, -0.2) is 27.8 Å². The molecule has 1 rings (SSSR count). The van der Waals surface area contributed by atoms with Crippen molar-refractivity contribution in [1.82, 2.24) is 5.32 Å². The number of nitrogens with one attached hydrogen (secondary N) is 1. The molecule has 1 aliphatic heterocycles. The van der Waals surface area contributed by atoms with E-state index in [4.69, 9.17) is 0 Å². The topological polar surface area (TPSA) is 29.1 Å². The molecule has 0 aromatic rings. The van der Waals surface area contributed by atoms with Gasteiger partial charge in [0, 0.05) is 27.8 Å². The lowest BCUT2D eigenvalue weighted by Gasteiger charge is -2.20. The van der Waals surface area contributed by atoms with Crippen LogP contribution in [-0.2, 0) is 10.8 Å². The zero-order chi connectivity index (χ0) is 9.14. The molecule has 1 N–H and O–H groups in total. The first-order chi connectivity index (χ1) is 5.63. The van der Waals surface area contributed by atoms with Crippen LogP contribution >= 0.6 is 0 Å². The Kier molecular flexibility index (Phi) is 3.72. The molecular weight excluding hydrogens is 170 g/mol. The third-order valence-electron chi connectivity index (χ3n) is 2.51. The Balaban J connectivity index is 2.64. The summed E-state index contributed by atoms with van der Waals surface area (Å²) in [6, 6.07) is 0. The summed E-state index contributed by atoms with van der Waals surface area (Å²) in [5.41, 5.74) is 0. The van der Waals surface area contributed by atoms with Gasteiger partial charge in [0.1, 0.15) is 0 Å². The van der Waals surface area contributed by atoms with E-state index in [0.717, 1.165) is 19.5 Å². The van der Waals surface area contributed by atoms with Gasteiger partial charge in [-0.2, -0.15) is 0 Å². The number of hydrogen-bond acceptors (Lipinski definition) is 2. The quantitative estimate of drug-likeness (QED) is 0.670. The van der Waals surface area contributed by atoms with Gasteiger partial charge >= 0.3 is 0 Å². The van der Waals surface area contributed by atoms with E-state index in [1.807, 2.05) is 0 Å². The highest BCUT2D eigenvalue weighted by atomic mass is 32.2. The number of rotatable bonds is 1. The molecular formula is C9H19NOS. The Labute approximate surface area is 77.6 Å². The van der Waals surface area contributed by atoms with Crippen LogP contribution in [0.2, 0.25) is 0 Å². The van der Waals surface area contributed by atoms with Crippen LogP contribution in [0.4, 0.5) is 0 Å². The average Bonchev–Trinajstić information content (AvgIpc) is 2.15. The second kappa shape index (κ2) is 4.38. The smallest absolute Gasteiger partial charge is 0.0498 e. The Morgan fingerprint density at radius 1 is 1.50 bits per heavy atom. The minimum absolute atomic E-state index is 0.350.